The second kappa shape index (κ2) is 8.05. The Bertz CT molecular complexity index is 89.0. The van der Waals surface area contributed by atoms with Crippen LogP contribution < -0.4 is 0 Å². The van der Waals surface area contributed by atoms with Gasteiger partial charge in [0.1, 0.15) is 0 Å². The van der Waals surface area contributed by atoms with E-state index in [-0.39, 0.29) is 0 Å². The summed E-state index contributed by atoms with van der Waals surface area (Å²) in [5.74, 6) is 1.78. The fraction of sp³-hybridized carbons (Fsp3) is 1.00. The summed E-state index contributed by atoms with van der Waals surface area (Å²) in [5, 5.41) is 0. The SMILES string of the molecule is CC(C)C(C)CCCCCCP. The van der Waals surface area contributed by atoms with E-state index in [4.69, 9.17) is 0 Å². The predicted octanol–water partition coefficient (Wildman–Crippen LogP) is 4.10. The summed E-state index contributed by atoms with van der Waals surface area (Å²) in [6.45, 7) is 7.03. The van der Waals surface area contributed by atoms with Crippen molar-refractivity contribution < 1.29 is 0 Å². The van der Waals surface area contributed by atoms with E-state index in [9.17, 15) is 0 Å². The third-order valence-electron chi connectivity index (χ3n) is 2.75. The van der Waals surface area contributed by atoms with Crippen LogP contribution in [0.2, 0.25) is 0 Å². The monoisotopic (exact) mass is 188 g/mol. The van der Waals surface area contributed by atoms with E-state index < -0.39 is 0 Å². The molecule has 0 saturated heterocycles. The third-order valence-corrected chi connectivity index (χ3v) is 3.16. The predicted molar refractivity (Wildman–Crippen MR) is 61.7 cm³/mol. The highest BCUT2D eigenvalue weighted by Crippen LogP contribution is 2.17. The summed E-state index contributed by atoms with van der Waals surface area (Å²) in [6.07, 6.45) is 8.39. The van der Waals surface area contributed by atoms with Crippen molar-refractivity contribution in [3.8, 4) is 0 Å². The number of hydrogen-bond donors (Lipinski definition) is 0. The molecule has 0 bridgehead atoms. The van der Waals surface area contributed by atoms with Gasteiger partial charge in [-0.15, -0.1) is 9.24 Å². The highest BCUT2D eigenvalue weighted by atomic mass is 31.0. The van der Waals surface area contributed by atoms with Gasteiger partial charge < -0.3 is 0 Å². The molecule has 0 aromatic carbocycles. The lowest BCUT2D eigenvalue weighted by atomic mass is 9.92. The zero-order valence-corrected chi connectivity index (χ0v) is 10.1. The lowest BCUT2D eigenvalue weighted by Gasteiger charge is -2.14. The second-order valence-electron chi connectivity index (χ2n) is 4.21. The standard InChI is InChI=1S/C11H25P/c1-10(2)11(3)8-6-4-5-7-9-12/h10-11H,4-9,12H2,1-3H3. The van der Waals surface area contributed by atoms with Gasteiger partial charge in [0.25, 0.3) is 0 Å². The van der Waals surface area contributed by atoms with Gasteiger partial charge in [-0.05, 0) is 24.4 Å². The van der Waals surface area contributed by atoms with Crippen LogP contribution in [0.25, 0.3) is 0 Å². The van der Waals surface area contributed by atoms with Crippen LogP contribution in [0.5, 0.6) is 0 Å². The topological polar surface area (TPSA) is 0 Å². The molecule has 1 heteroatoms. The third kappa shape index (κ3) is 7.10. The van der Waals surface area contributed by atoms with Crippen LogP contribution in [-0.2, 0) is 0 Å². The largest absolute Gasteiger partial charge is 0.138 e. The molecule has 0 radical (unpaired) electrons. The van der Waals surface area contributed by atoms with E-state index in [1.165, 1.54) is 38.3 Å². The summed E-state index contributed by atoms with van der Waals surface area (Å²) < 4.78 is 0. The van der Waals surface area contributed by atoms with Crippen molar-refractivity contribution in [1.82, 2.24) is 0 Å². The van der Waals surface area contributed by atoms with Gasteiger partial charge in [0.15, 0.2) is 0 Å². The molecule has 0 fully saturated rings. The maximum Gasteiger partial charge on any atom is -0.0381 e. The van der Waals surface area contributed by atoms with Crippen molar-refractivity contribution in [2.24, 2.45) is 11.8 Å². The van der Waals surface area contributed by atoms with Gasteiger partial charge in [-0.25, -0.2) is 0 Å². The van der Waals surface area contributed by atoms with Gasteiger partial charge in [0.05, 0.1) is 0 Å². The number of unbranched alkanes of at least 4 members (excludes halogenated alkanes) is 3. The van der Waals surface area contributed by atoms with Gasteiger partial charge in [0.2, 0.25) is 0 Å². The van der Waals surface area contributed by atoms with E-state index in [0.29, 0.717) is 0 Å². The molecule has 0 aromatic heterocycles. The second-order valence-corrected chi connectivity index (χ2v) is 4.79. The Morgan fingerprint density at radius 1 is 0.917 bits per heavy atom. The van der Waals surface area contributed by atoms with Crippen molar-refractivity contribution in [3.63, 3.8) is 0 Å². The van der Waals surface area contributed by atoms with Crippen molar-refractivity contribution in [1.29, 1.82) is 0 Å². The molecule has 0 saturated carbocycles. The first-order valence-electron chi connectivity index (χ1n) is 5.38. The Balaban J connectivity index is 3.08. The van der Waals surface area contributed by atoms with E-state index in [1.807, 2.05) is 0 Å². The van der Waals surface area contributed by atoms with Crippen LogP contribution >= 0.6 is 9.24 Å². The molecular weight excluding hydrogens is 163 g/mol. The minimum absolute atomic E-state index is 0.867. The first-order chi connectivity index (χ1) is 5.68. The van der Waals surface area contributed by atoms with Crippen LogP contribution in [0, 0.1) is 11.8 Å². The highest BCUT2D eigenvalue weighted by molar-refractivity contribution is 7.16. The molecule has 0 aliphatic rings. The number of rotatable bonds is 7. The smallest absolute Gasteiger partial charge is 0.0381 e. The summed E-state index contributed by atoms with van der Waals surface area (Å²) in [4.78, 5) is 0. The summed E-state index contributed by atoms with van der Waals surface area (Å²) in [7, 11) is 2.80. The fourth-order valence-corrected chi connectivity index (χ4v) is 1.59. The molecule has 0 amide bonds. The Kier molecular flexibility index (Phi) is 8.34. The average molecular weight is 188 g/mol. The fourth-order valence-electron chi connectivity index (χ4n) is 1.30. The zero-order valence-electron chi connectivity index (χ0n) is 8.97. The molecule has 0 spiro atoms. The molecule has 2 unspecified atom stereocenters. The quantitative estimate of drug-likeness (QED) is 0.417. The molecule has 0 aliphatic heterocycles. The Morgan fingerprint density at radius 2 is 1.50 bits per heavy atom. The Hall–Kier alpha value is 0.430. The van der Waals surface area contributed by atoms with E-state index >= 15 is 0 Å². The molecule has 0 aromatic rings. The lowest BCUT2D eigenvalue weighted by molar-refractivity contribution is 0.376. The summed E-state index contributed by atoms with van der Waals surface area (Å²) >= 11 is 0. The van der Waals surface area contributed by atoms with Gasteiger partial charge in [-0.3, -0.25) is 0 Å². The van der Waals surface area contributed by atoms with Crippen molar-refractivity contribution in [2.75, 3.05) is 6.16 Å². The average Bonchev–Trinajstić information content (AvgIpc) is 2.03. The maximum absolute atomic E-state index is 2.80. The van der Waals surface area contributed by atoms with Crippen molar-refractivity contribution >= 4 is 9.24 Å². The molecule has 0 N–H and O–H groups in total. The normalized spacial score (nSPS) is 13.8. The summed E-state index contributed by atoms with van der Waals surface area (Å²) in [6, 6.07) is 0. The lowest BCUT2D eigenvalue weighted by Crippen LogP contribution is -2.03. The van der Waals surface area contributed by atoms with Gasteiger partial charge >= 0.3 is 0 Å². The molecule has 0 heterocycles. The van der Waals surface area contributed by atoms with E-state index in [2.05, 4.69) is 30.0 Å². The van der Waals surface area contributed by atoms with Crippen LogP contribution in [0.3, 0.4) is 0 Å². The minimum Gasteiger partial charge on any atom is -0.138 e. The number of hydrogen-bond acceptors (Lipinski definition) is 0. The molecule has 0 aliphatic carbocycles. The zero-order chi connectivity index (χ0) is 9.40. The van der Waals surface area contributed by atoms with Crippen LogP contribution in [-0.4, -0.2) is 6.16 Å². The molecule has 0 nitrogen and oxygen atoms in total. The molecule has 12 heavy (non-hydrogen) atoms. The molecule has 74 valence electrons. The first kappa shape index (κ1) is 12.4. The van der Waals surface area contributed by atoms with Crippen molar-refractivity contribution in [3.05, 3.63) is 0 Å². The molecule has 2 atom stereocenters. The highest BCUT2D eigenvalue weighted by Gasteiger charge is 2.05. The van der Waals surface area contributed by atoms with Crippen molar-refractivity contribution in [2.45, 2.75) is 52.9 Å². The van der Waals surface area contributed by atoms with E-state index in [0.717, 1.165) is 11.8 Å². The van der Waals surface area contributed by atoms with Crippen LogP contribution in [0.1, 0.15) is 52.9 Å². The Morgan fingerprint density at radius 3 is 2.00 bits per heavy atom. The van der Waals surface area contributed by atoms with Crippen LogP contribution in [0.4, 0.5) is 0 Å². The molecule has 0 rings (SSSR count). The van der Waals surface area contributed by atoms with E-state index in [1.54, 1.807) is 0 Å². The van der Waals surface area contributed by atoms with Crippen LogP contribution in [0.15, 0.2) is 0 Å². The van der Waals surface area contributed by atoms with Gasteiger partial charge in [-0.2, -0.15) is 0 Å². The minimum atomic E-state index is 0.867. The maximum atomic E-state index is 2.80. The Labute approximate surface area is 80.7 Å². The first-order valence-corrected chi connectivity index (χ1v) is 6.20. The van der Waals surface area contributed by atoms with Gasteiger partial charge in [0, 0.05) is 0 Å². The van der Waals surface area contributed by atoms with Gasteiger partial charge in [-0.1, -0.05) is 46.5 Å². The molecular formula is C11H25P. The summed E-state index contributed by atoms with van der Waals surface area (Å²) in [5.41, 5.74) is 0.